The molecule has 1 aromatic carbocycles. The first-order valence-corrected chi connectivity index (χ1v) is 5.47. The predicted octanol–water partition coefficient (Wildman–Crippen LogP) is 1.18. The molecule has 6 nitrogen and oxygen atoms in total. The maximum atomic E-state index is 11.9. The van der Waals surface area contributed by atoms with Gasteiger partial charge in [0.05, 0.1) is 12.1 Å². The Morgan fingerprint density at radius 1 is 1.40 bits per heavy atom. The molecule has 9 heteroatoms. The Morgan fingerprint density at radius 2 is 2.15 bits per heavy atom. The SMILES string of the molecule is O=C(NCCOc1cccc2[nH]c(=O)oc12)C(F)(F)F. The van der Waals surface area contributed by atoms with E-state index in [1.807, 2.05) is 0 Å². The molecule has 2 aromatic rings. The molecule has 0 aliphatic heterocycles. The Balaban J connectivity index is 1.94. The van der Waals surface area contributed by atoms with Crippen molar-refractivity contribution in [3.8, 4) is 5.75 Å². The van der Waals surface area contributed by atoms with Crippen molar-refractivity contribution in [2.45, 2.75) is 6.18 Å². The highest BCUT2D eigenvalue weighted by Gasteiger charge is 2.38. The third kappa shape index (κ3) is 3.11. The van der Waals surface area contributed by atoms with Gasteiger partial charge in [-0.05, 0) is 12.1 Å². The number of carbonyl (C=O) groups is 1. The zero-order valence-electron chi connectivity index (χ0n) is 9.91. The lowest BCUT2D eigenvalue weighted by molar-refractivity contribution is -0.173. The Morgan fingerprint density at radius 3 is 2.85 bits per heavy atom. The zero-order valence-corrected chi connectivity index (χ0v) is 9.91. The monoisotopic (exact) mass is 290 g/mol. The van der Waals surface area contributed by atoms with Crippen LogP contribution in [-0.4, -0.2) is 30.2 Å². The van der Waals surface area contributed by atoms with Gasteiger partial charge in [0.25, 0.3) is 0 Å². The molecule has 1 aromatic heterocycles. The van der Waals surface area contributed by atoms with E-state index < -0.39 is 17.8 Å². The second kappa shape index (κ2) is 5.27. The number of para-hydroxylation sites is 1. The van der Waals surface area contributed by atoms with Crippen LogP contribution < -0.4 is 15.8 Å². The molecule has 1 amide bonds. The second-order valence-corrected chi connectivity index (χ2v) is 3.75. The molecule has 0 bridgehead atoms. The fraction of sp³-hybridized carbons (Fsp3) is 0.273. The van der Waals surface area contributed by atoms with Crippen molar-refractivity contribution in [3.63, 3.8) is 0 Å². The average molecular weight is 290 g/mol. The number of amides is 1. The third-order valence-corrected chi connectivity index (χ3v) is 2.31. The minimum atomic E-state index is -4.92. The summed E-state index contributed by atoms with van der Waals surface area (Å²) < 4.78 is 45.7. The molecular weight excluding hydrogens is 281 g/mol. The zero-order chi connectivity index (χ0) is 14.8. The highest BCUT2D eigenvalue weighted by atomic mass is 19.4. The van der Waals surface area contributed by atoms with Crippen molar-refractivity contribution in [2.24, 2.45) is 0 Å². The summed E-state index contributed by atoms with van der Waals surface area (Å²) in [5.74, 6) is -2.50. The number of rotatable bonds is 4. The summed E-state index contributed by atoms with van der Waals surface area (Å²) in [5, 5.41) is 1.66. The molecule has 1 heterocycles. The van der Waals surface area contributed by atoms with Gasteiger partial charge in [-0.25, -0.2) is 4.79 Å². The van der Waals surface area contributed by atoms with Gasteiger partial charge in [0, 0.05) is 0 Å². The standard InChI is InChI=1S/C11H9F3N2O4/c12-11(13,14)9(17)15-4-5-19-7-3-1-2-6-8(7)20-10(18)16-6/h1-3H,4-5H2,(H,15,17)(H,16,18). The largest absolute Gasteiger partial charge is 0.488 e. The summed E-state index contributed by atoms with van der Waals surface area (Å²) in [6.45, 7) is -0.529. The first-order chi connectivity index (χ1) is 9.38. The highest BCUT2D eigenvalue weighted by Crippen LogP contribution is 2.22. The maximum absolute atomic E-state index is 11.9. The molecule has 108 valence electrons. The Labute approximate surface area is 109 Å². The van der Waals surface area contributed by atoms with E-state index in [9.17, 15) is 22.8 Å². The number of nitrogens with one attached hydrogen (secondary N) is 2. The van der Waals surface area contributed by atoms with Crippen LogP contribution in [0.25, 0.3) is 11.1 Å². The van der Waals surface area contributed by atoms with Crippen LogP contribution in [0.15, 0.2) is 27.4 Å². The normalized spacial score (nSPS) is 11.6. The van der Waals surface area contributed by atoms with Crippen molar-refractivity contribution in [1.82, 2.24) is 10.3 Å². The van der Waals surface area contributed by atoms with Crippen molar-refractivity contribution in [2.75, 3.05) is 13.2 Å². The smallest absolute Gasteiger partial charge is 0.471 e. The molecule has 0 saturated carbocycles. The first kappa shape index (κ1) is 14.0. The summed E-state index contributed by atoms with van der Waals surface area (Å²) in [6, 6.07) is 4.65. The maximum Gasteiger partial charge on any atom is 0.471 e. The van der Waals surface area contributed by atoms with Crippen molar-refractivity contribution < 1.29 is 27.1 Å². The van der Waals surface area contributed by atoms with Crippen molar-refractivity contribution in [3.05, 3.63) is 28.7 Å². The van der Waals surface area contributed by atoms with Gasteiger partial charge in [0.15, 0.2) is 11.3 Å². The lowest BCUT2D eigenvalue weighted by Crippen LogP contribution is -2.38. The van der Waals surface area contributed by atoms with Crippen LogP contribution >= 0.6 is 0 Å². The van der Waals surface area contributed by atoms with E-state index in [0.717, 1.165) is 0 Å². The number of H-pyrrole nitrogens is 1. The number of fused-ring (bicyclic) bond motifs is 1. The average Bonchev–Trinajstić information content (AvgIpc) is 2.74. The highest BCUT2D eigenvalue weighted by molar-refractivity contribution is 5.81. The fourth-order valence-corrected chi connectivity index (χ4v) is 1.49. The lowest BCUT2D eigenvalue weighted by atomic mass is 10.3. The third-order valence-electron chi connectivity index (χ3n) is 2.31. The first-order valence-electron chi connectivity index (χ1n) is 5.47. The Hall–Kier alpha value is -2.45. The molecule has 2 N–H and O–H groups in total. The molecule has 0 unspecified atom stereocenters. The number of hydrogen-bond donors (Lipinski definition) is 2. The fourth-order valence-electron chi connectivity index (χ4n) is 1.49. The van der Waals surface area contributed by atoms with Gasteiger partial charge in [-0.1, -0.05) is 6.07 Å². The lowest BCUT2D eigenvalue weighted by Gasteiger charge is -2.09. The molecule has 0 aliphatic rings. The van der Waals surface area contributed by atoms with E-state index >= 15 is 0 Å². The second-order valence-electron chi connectivity index (χ2n) is 3.75. The van der Waals surface area contributed by atoms with Gasteiger partial charge >= 0.3 is 17.8 Å². The van der Waals surface area contributed by atoms with Gasteiger partial charge in [-0.2, -0.15) is 13.2 Å². The van der Waals surface area contributed by atoms with Crippen LogP contribution in [0, 0.1) is 0 Å². The minimum Gasteiger partial charge on any atom is -0.488 e. The molecule has 0 radical (unpaired) electrons. The van der Waals surface area contributed by atoms with Crippen LogP contribution in [0.3, 0.4) is 0 Å². The quantitative estimate of drug-likeness (QED) is 0.828. The van der Waals surface area contributed by atoms with Crippen LogP contribution in [0.4, 0.5) is 13.2 Å². The number of carbonyl (C=O) groups excluding carboxylic acids is 1. The van der Waals surface area contributed by atoms with Gasteiger partial charge in [0.2, 0.25) is 0 Å². The summed E-state index contributed by atoms with van der Waals surface area (Å²) >= 11 is 0. The van der Waals surface area contributed by atoms with E-state index in [-0.39, 0.29) is 24.5 Å². The molecular formula is C11H9F3N2O4. The molecule has 0 fully saturated rings. The molecule has 0 atom stereocenters. The molecule has 0 spiro atoms. The number of benzene rings is 1. The van der Waals surface area contributed by atoms with Crippen LogP contribution in [0.5, 0.6) is 5.75 Å². The summed E-state index contributed by atoms with van der Waals surface area (Å²) in [4.78, 5) is 24.0. The Kier molecular flexibility index (Phi) is 3.68. The molecule has 0 aliphatic carbocycles. The van der Waals surface area contributed by atoms with E-state index in [0.29, 0.717) is 5.52 Å². The van der Waals surface area contributed by atoms with Gasteiger partial charge in [0.1, 0.15) is 6.61 Å². The molecule has 0 saturated heterocycles. The number of hydrogen-bond acceptors (Lipinski definition) is 4. The predicted molar refractivity (Wildman–Crippen MR) is 61.4 cm³/mol. The number of halogens is 3. The van der Waals surface area contributed by atoms with E-state index in [1.54, 1.807) is 17.4 Å². The summed E-state index contributed by atoms with van der Waals surface area (Å²) in [6.07, 6.45) is -4.92. The van der Waals surface area contributed by atoms with E-state index in [2.05, 4.69) is 4.98 Å². The number of oxazole rings is 1. The molecule has 2 rings (SSSR count). The molecule has 20 heavy (non-hydrogen) atoms. The van der Waals surface area contributed by atoms with Crippen molar-refractivity contribution in [1.29, 1.82) is 0 Å². The van der Waals surface area contributed by atoms with Crippen LogP contribution in [0.2, 0.25) is 0 Å². The topological polar surface area (TPSA) is 84.3 Å². The minimum absolute atomic E-state index is 0.166. The summed E-state index contributed by atoms with van der Waals surface area (Å²) in [7, 11) is 0. The number of ether oxygens (including phenoxy) is 1. The Bertz CT molecular complexity index is 674. The van der Waals surface area contributed by atoms with Crippen LogP contribution in [0.1, 0.15) is 0 Å². The van der Waals surface area contributed by atoms with Crippen molar-refractivity contribution >= 4 is 17.0 Å². The van der Waals surface area contributed by atoms with Gasteiger partial charge < -0.3 is 14.5 Å². The van der Waals surface area contributed by atoms with E-state index in [4.69, 9.17) is 9.15 Å². The van der Waals surface area contributed by atoms with Crippen LogP contribution in [-0.2, 0) is 4.79 Å². The number of aromatic nitrogens is 1. The number of alkyl halides is 3. The van der Waals surface area contributed by atoms with Gasteiger partial charge in [-0.3, -0.25) is 9.78 Å². The van der Waals surface area contributed by atoms with E-state index in [1.165, 1.54) is 6.07 Å². The number of aromatic amines is 1. The van der Waals surface area contributed by atoms with Gasteiger partial charge in [-0.15, -0.1) is 0 Å². The summed E-state index contributed by atoms with van der Waals surface area (Å²) in [5.41, 5.74) is 0.575.